The first-order chi connectivity index (χ1) is 9.04. The van der Waals surface area contributed by atoms with E-state index in [2.05, 4.69) is 15.3 Å². The summed E-state index contributed by atoms with van der Waals surface area (Å²) in [5.74, 6) is 0.144. The zero-order valence-corrected chi connectivity index (χ0v) is 12.2. The van der Waals surface area contributed by atoms with Crippen LogP contribution in [0.3, 0.4) is 0 Å². The number of sulfone groups is 1. The van der Waals surface area contributed by atoms with Gasteiger partial charge in [-0.3, -0.25) is 4.98 Å². The lowest BCUT2D eigenvalue weighted by atomic mass is 10.3. The van der Waals surface area contributed by atoms with E-state index in [0.29, 0.717) is 13.1 Å². The monoisotopic (exact) mass is 297 g/mol. The van der Waals surface area contributed by atoms with Gasteiger partial charge < -0.3 is 5.32 Å². The van der Waals surface area contributed by atoms with Gasteiger partial charge in [0.1, 0.15) is 14.8 Å². The predicted octanol–water partition coefficient (Wildman–Crippen LogP) is 1.34. The smallest absolute Gasteiger partial charge is 0.148 e. The maximum atomic E-state index is 11.0. The normalized spacial score (nSPS) is 11.6. The molecule has 2 aromatic heterocycles. The fourth-order valence-corrected chi connectivity index (χ4v) is 2.75. The Morgan fingerprint density at radius 2 is 2.16 bits per heavy atom. The van der Waals surface area contributed by atoms with Crippen LogP contribution in [-0.2, 0) is 16.4 Å². The molecular formula is C12H15N3O2S2. The van der Waals surface area contributed by atoms with Crippen molar-refractivity contribution in [3.8, 4) is 11.4 Å². The molecule has 0 atom stereocenters. The van der Waals surface area contributed by atoms with Crippen LogP contribution in [0.15, 0.2) is 29.8 Å². The van der Waals surface area contributed by atoms with E-state index in [1.165, 1.54) is 17.6 Å². The lowest BCUT2D eigenvalue weighted by Gasteiger charge is -2.00. The van der Waals surface area contributed by atoms with Crippen LogP contribution in [0.1, 0.15) is 5.01 Å². The van der Waals surface area contributed by atoms with E-state index in [-0.39, 0.29) is 5.75 Å². The molecule has 0 spiro atoms. The average Bonchev–Trinajstić information content (AvgIpc) is 2.83. The van der Waals surface area contributed by atoms with Gasteiger partial charge in [0.25, 0.3) is 0 Å². The Balaban J connectivity index is 1.88. The summed E-state index contributed by atoms with van der Waals surface area (Å²) in [4.78, 5) is 8.69. The maximum absolute atomic E-state index is 11.0. The second-order valence-corrected chi connectivity index (χ2v) is 7.35. The number of thiazole rings is 1. The van der Waals surface area contributed by atoms with Gasteiger partial charge in [-0.25, -0.2) is 13.4 Å². The molecule has 2 aromatic rings. The molecule has 102 valence electrons. The van der Waals surface area contributed by atoms with Crippen molar-refractivity contribution >= 4 is 21.2 Å². The summed E-state index contributed by atoms with van der Waals surface area (Å²) in [6, 6.07) is 5.70. The minimum atomic E-state index is -2.91. The van der Waals surface area contributed by atoms with Crippen molar-refractivity contribution in [3.05, 3.63) is 34.8 Å². The van der Waals surface area contributed by atoms with Gasteiger partial charge in [0.05, 0.1) is 17.1 Å². The molecule has 0 aliphatic rings. The zero-order chi connectivity index (χ0) is 13.7. The number of hydrogen-bond donors (Lipinski definition) is 1. The number of nitrogens with one attached hydrogen (secondary N) is 1. The van der Waals surface area contributed by atoms with Gasteiger partial charge in [0, 0.05) is 30.9 Å². The van der Waals surface area contributed by atoms with Gasteiger partial charge >= 0.3 is 0 Å². The third kappa shape index (κ3) is 4.70. The topological polar surface area (TPSA) is 72.0 Å². The summed E-state index contributed by atoms with van der Waals surface area (Å²) >= 11 is 1.54. The van der Waals surface area contributed by atoms with E-state index in [9.17, 15) is 8.42 Å². The number of aromatic nitrogens is 2. The van der Waals surface area contributed by atoms with Gasteiger partial charge in [0.15, 0.2) is 0 Å². The summed E-state index contributed by atoms with van der Waals surface area (Å²) in [5, 5.41) is 5.95. The Hall–Kier alpha value is -1.31. The number of hydrogen-bond acceptors (Lipinski definition) is 6. The molecule has 0 saturated carbocycles. The molecule has 2 rings (SSSR count). The fourth-order valence-electron chi connectivity index (χ4n) is 1.48. The number of nitrogens with zero attached hydrogens (tertiary/aromatic N) is 2. The summed E-state index contributed by atoms with van der Waals surface area (Å²) in [7, 11) is -2.91. The SMILES string of the molecule is CS(=O)(=O)CCNCc1nc(-c2ccccn2)cs1. The minimum Gasteiger partial charge on any atom is -0.309 e. The molecule has 19 heavy (non-hydrogen) atoms. The molecule has 0 aromatic carbocycles. The zero-order valence-electron chi connectivity index (χ0n) is 10.5. The highest BCUT2D eigenvalue weighted by Crippen LogP contribution is 2.19. The van der Waals surface area contributed by atoms with Gasteiger partial charge in [-0.15, -0.1) is 11.3 Å². The quantitative estimate of drug-likeness (QED) is 0.815. The molecule has 1 N–H and O–H groups in total. The van der Waals surface area contributed by atoms with Crippen LogP contribution in [0.5, 0.6) is 0 Å². The van der Waals surface area contributed by atoms with Crippen LogP contribution in [0, 0.1) is 0 Å². The number of rotatable bonds is 6. The van der Waals surface area contributed by atoms with Crippen LogP contribution in [0.25, 0.3) is 11.4 Å². The van der Waals surface area contributed by atoms with Crippen LogP contribution in [0.4, 0.5) is 0 Å². The predicted molar refractivity (Wildman–Crippen MR) is 76.8 cm³/mol. The standard InChI is InChI=1S/C12H15N3O2S2/c1-19(16,17)7-6-13-8-12-15-11(9-18-12)10-4-2-3-5-14-10/h2-5,9,13H,6-8H2,1H3. The van der Waals surface area contributed by atoms with Crippen LogP contribution in [-0.4, -0.2) is 36.9 Å². The van der Waals surface area contributed by atoms with Gasteiger partial charge in [-0.1, -0.05) is 6.07 Å². The summed E-state index contributed by atoms with van der Waals surface area (Å²) in [5.41, 5.74) is 1.70. The summed E-state index contributed by atoms with van der Waals surface area (Å²) < 4.78 is 21.9. The first kappa shape index (κ1) is 14.1. The molecular weight excluding hydrogens is 282 g/mol. The third-order valence-electron chi connectivity index (χ3n) is 2.40. The fraction of sp³-hybridized carbons (Fsp3) is 0.333. The third-order valence-corrected chi connectivity index (χ3v) is 4.20. The Labute approximate surface area is 116 Å². The van der Waals surface area contributed by atoms with E-state index in [1.54, 1.807) is 6.20 Å². The second-order valence-electron chi connectivity index (χ2n) is 4.15. The first-order valence-electron chi connectivity index (χ1n) is 5.79. The number of pyridine rings is 1. The molecule has 0 aliphatic heterocycles. The molecule has 0 unspecified atom stereocenters. The molecule has 0 bridgehead atoms. The Kier molecular flexibility index (Phi) is 4.62. The molecule has 0 aliphatic carbocycles. The molecule has 7 heteroatoms. The van der Waals surface area contributed by atoms with Gasteiger partial charge in [-0.05, 0) is 12.1 Å². The van der Waals surface area contributed by atoms with E-state index in [0.717, 1.165) is 16.4 Å². The van der Waals surface area contributed by atoms with E-state index >= 15 is 0 Å². The van der Waals surface area contributed by atoms with Crippen molar-refractivity contribution in [1.29, 1.82) is 0 Å². The average molecular weight is 297 g/mol. The van der Waals surface area contributed by atoms with Crippen molar-refractivity contribution in [1.82, 2.24) is 15.3 Å². The van der Waals surface area contributed by atoms with Gasteiger partial charge in [0.2, 0.25) is 0 Å². The highest BCUT2D eigenvalue weighted by Gasteiger charge is 2.06. The largest absolute Gasteiger partial charge is 0.309 e. The molecule has 2 heterocycles. The molecule has 0 radical (unpaired) electrons. The highest BCUT2D eigenvalue weighted by atomic mass is 32.2. The lowest BCUT2D eigenvalue weighted by molar-refractivity contribution is 0.596. The van der Waals surface area contributed by atoms with Crippen LogP contribution in [0.2, 0.25) is 0 Å². The van der Waals surface area contributed by atoms with Crippen molar-refractivity contribution in [2.75, 3.05) is 18.6 Å². The van der Waals surface area contributed by atoms with E-state index < -0.39 is 9.84 Å². The Morgan fingerprint density at radius 3 is 2.84 bits per heavy atom. The Morgan fingerprint density at radius 1 is 1.32 bits per heavy atom. The minimum absolute atomic E-state index is 0.144. The summed E-state index contributed by atoms with van der Waals surface area (Å²) in [6.45, 7) is 1.02. The molecule has 5 nitrogen and oxygen atoms in total. The van der Waals surface area contributed by atoms with Crippen LogP contribution >= 0.6 is 11.3 Å². The Bertz CT molecular complexity index is 623. The van der Waals surface area contributed by atoms with E-state index in [4.69, 9.17) is 0 Å². The van der Waals surface area contributed by atoms with Crippen molar-refractivity contribution in [2.45, 2.75) is 6.54 Å². The second kappa shape index (κ2) is 6.23. The van der Waals surface area contributed by atoms with E-state index in [1.807, 2.05) is 23.6 Å². The van der Waals surface area contributed by atoms with Crippen LogP contribution < -0.4 is 5.32 Å². The lowest BCUT2D eigenvalue weighted by Crippen LogP contribution is -2.21. The van der Waals surface area contributed by atoms with Crippen molar-refractivity contribution < 1.29 is 8.42 Å². The maximum Gasteiger partial charge on any atom is 0.148 e. The van der Waals surface area contributed by atoms with Crippen molar-refractivity contribution in [2.24, 2.45) is 0 Å². The molecule has 0 amide bonds. The molecule has 0 saturated heterocycles. The van der Waals surface area contributed by atoms with Gasteiger partial charge in [-0.2, -0.15) is 0 Å². The first-order valence-corrected chi connectivity index (χ1v) is 8.73. The summed E-state index contributed by atoms with van der Waals surface area (Å²) in [6.07, 6.45) is 2.97. The molecule has 0 fully saturated rings. The van der Waals surface area contributed by atoms with Crippen molar-refractivity contribution in [3.63, 3.8) is 0 Å². The highest BCUT2D eigenvalue weighted by molar-refractivity contribution is 7.90.